The van der Waals surface area contributed by atoms with Crippen molar-refractivity contribution in [1.82, 2.24) is 14.0 Å². The summed E-state index contributed by atoms with van der Waals surface area (Å²) < 4.78 is 4.62. The number of fused-ring (bicyclic) bond motifs is 7. The number of para-hydroxylation sites is 4. The number of aromatic nitrogens is 3. The van der Waals surface area contributed by atoms with Crippen LogP contribution in [0.2, 0.25) is 13.1 Å². The van der Waals surface area contributed by atoms with Gasteiger partial charge in [-0.3, -0.25) is 8.97 Å². The van der Waals surface area contributed by atoms with Crippen molar-refractivity contribution in [3.63, 3.8) is 0 Å². The van der Waals surface area contributed by atoms with Gasteiger partial charge in [0.05, 0.1) is 30.1 Å². The number of imidazole rings is 2. The second-order valence-corrected chi connectivity index (χ2v) is 25.5. The zero-order chi connectivity index (χ0) is 36.7. The molecule has 9 aromatic rings. The van der Waals surface area contributed by atoms with E-state index in [9.17, 15) is 0 Å². The fourth-order valence-corrected chi connectivity index (χ4v) is 19.6. The van der Waals surface area contributed by atoms with Gasteiger partial charge >= 0.3 is 0 Å². The average molecular weight is 748 g/mol. The van der Waals surface area contributed by atoms with Gasteiger partial charge in [-0.15, -0.1) is 0 Å². The lowest BCUT2D eigenvalue weighted by Crippen LogP contribution is -2.76. The maximum absolute atomic E-state index is 5.18. The van der Waals surface area contributed by atoms with E-state index in [4.69, 9.17) is 4.98 Å². The lowest BCUT2D eigenvalue weighted by molar-refractivity contribution is 0.710. The number of rotatable bonds is 5. The van der Waals surface area contributed by atoms with E-state index in [0.717, 1.165) is 33.5 Å². The maximum atomic E-state index is 5.18. The molecule has 0 atom stereocenters. The van der Waals surface area contributed by atoms with E-state index in [1.54, 1.807) is 5.19 Å². The first kappa shape index (κ1) is 33.2. The first-order valence-corrected chi connectivity index (χ1v) is 24.6. The number of nitrogens with zero attached hydrogens (tertiary/aromatic N) is 3. The van der Waals surface area contributed by atoms with Crippen molar-refractivity contribution >= 4 is 81.7 Å². The third kappa shape index (κ3) is 4.63. The van der Waals surface area contributed by atoms with Crippen molar-refractivity contribution < 1.29 is 0 Å². The monoisotopic (exact) mass is 747 g/mol. The summed E-state index contributed by atoms with van der Waals surface area (Å²) in [7, 11) is -4.98. The van der Waals surface area contributed by atoms with Crippen molar-refractivity contribution in [3.8, 4) is 5.69 Å². The van der Waals surface area contributed by atoms with Crippen molar-refractivity contribution in [3.05, 3.63) is 181 Å². The standard InChI is InChI=1S/C48H41N3SSi2/c1-48(2)38-22-11-16-27-43(38)52-46-44(53(48,3)4)28-17-29-45(46)54(35-18-7-5-8-19-35,36-20-9-6-10-21-36)37-32-30-34(31-33-37)50-41-25-14-15-26-42(41)51-40-24-13-12-23-39(40)49-47(50)51/h5-33H,1-4H3. The quantitative estimate of drug-likeness (QED) is 0.130. The second-order valence-electron chi connectivity index (χ2n) is 15.6. The third-order valence-electron chi connectivity index (χ3n) is 12.5. The van der Waals surface area contributed by atoms with Crippen LogP contribution in [-0.4, -0.2) is 30.1 Å². The van der Waals surface area contributed by atoms with Gasteiger partial charge in [-0.05, 0) is 79.0 Å². The van der Waals surface area contributed by atoms with Gasteiger partial charge in [-0.25, -0.2) is 4.98 Å². The topological polar surface area (TPSA) is 22.2 Å². The van der Waals surface area contributed by atoms with Crippen LogP contribution in [-0.2, 0) is 5.04 Å². The molecule has 262 valence electrons. The van der Waals surface area contributed by atoms with Crippen LogP contribution < -0.4 is 25.9 Å². The van der Waals surface area contributed by atoms with Gasteiger partial charge in [0.15, 0.2) is 8.07 Å². The summed E-state index contributed by atoms with van der Waals surface area (Å²) in [5.74, 6) is 0.929. The van der Waals surface area contributed by atoms with Crippen LogP contribution in [0.5, 0.6) is 0 Å². The predicted molar refractivity (Wildman–Crippen MR) is 234 cm³/mol. The molecule has 54 heavy (non-hydrogen) atoms. The van der Waals surface area contributed by atoms with Gasteiger partial charge in [-0.1, -0.05) is 172 Å². The summed E-state index contributed by atoms with van der Waals surface area (Å²) in [6, 6.07) is 65.8. The molecule has 6 heteroatoms. The van der Waals surface area contributed by atoms with Gasteiger partial charge in [0.2, 0.25) is 5.78 Å². The van der Waals surface area contributed by atoms with Gasteiger partial charge < -0.3 is 0 Å². The van der Waals surface area contributed by atoms with Crippen LogP contribution >= 0.6 is 11.8 Å². The maximum Gasteiger partial charge on any atom is 0.220 e. The highest BCUT2D eigenvalue weighted by molar-refractivity contribution is 8.00. The zero-order valence-electron chi connectivity index (χ0n) is 31.0. The predicted octanol–water partition coefficient (Wildman–Crippen LogP) is 8.71. The molecule has 1 aliphatic rings. The Morgan fingerprint density at radius 2 is 1.13 bits per heavy atom. The van der Waals surface area contributed by atoms with E-state index in [-0.39, 0.29) is 5.04 Å². The van der Waals surface area contributed by atoms with Crippen LogP contribution in [0.3, 0.4) is 0 Å². The molecular weight excluding hydrogens is 707 g/mol. The Balaban J connectivity index is 1.27. The normalized spacial score (nSPS) is 14.9. The molecule has 0 saturated heterocycles. The molecule has 0 unspecified atom stereocenters. The van der Waals surface area contributed by atoms with Crippen molar-refractivity contribution in [2.75, 3.05) is 0 Å². The molecule has 0 fully saturated rings. The third-order valence-corrected chi connectivity index (χ3v) is 24.1. The zero-order valence-corrected chi connectivity index (χ0v) is 33.8. The molecule has 0 amide bonds. The van der Waals surface area contributed by atoms with Crippen molar-refractivity contribution in [2.45, 2.75) is 41.8 Å². The highest BCUT2D eigenvalue weighted by Crippen LogP contribution is 2.45. The molecule has 7 aromatic carbocycles. The first-order chi connectivity index (χ1) is 26.3. The van der Waals surface area contributed by atoms with Gasteiger partial charge in [0.1, 0.15) is 0 Å². The van der Waals surface area contributed by atoms with E-state index < -0.39 is 16.1 Å². The van der Waals surface area contributed by atoms with E-state index in [0.29, 0.717) is 0 Å². The summed E-state index contributed by atoms with van der Waals surface area (Å²) in [6.07, 6.45) is 0. The minimum atomic E-state index is -2.90. The Morgan fingerprint density at radius 3 is 1.83 bits per heavy atom. The molecule has 10 rings (SSSR count). The molecule has 0 saturated carbocycles. The highest BCUT2D eigenvalue weighted by Gasteiger charge is 2.49. The average Bonchev–Trinajstić information content (AvgIpc) is 3.72. The van der Waals surface area contributed by atoms with Gasteiger partial charge in [-0.2, -0.15) is 0 Å². The first-order valence-electron chi connectivity index (χ1n) is 18.8. The molecule has 2 aromatic heterocycles. The van der Waals surface area contributed by atoms with E-state index in [1.165, 1.54) is 36.1 Å². The highest BCUT2D eigenvalue weighted by atomic mass is 32.2. The molecule has 0 radical (unpaired) electrons. The molecule has 3 nitrogen and oxygen atoms in total. The van der Waals surface area contributed by atoms with Crippen LogP contribution in [0.1, 0.15) is 19.4 Å². The summed E-state index contributed by atoms with van der Waals surface area (Å²) in [5, 5.41) is 7.23. The van der Waals surface area contributed by atoms with E-state index in [2.05, 4.69) is 212 Å². The minimum Gasteiger partial charge on any atom is -0.278 e. The van der Waals surface area contributed by atoms with E-state index >= 15 is 0 Å². The van der Waals surface area contributed by atoms with Crippen molar-refractivity contribution in [1.29, 1.82) is 0 Å². The molecule has 3 heterocycles. The Morgan fingerprint density at radius 1 is 0.556 bits per heavy atom. The molecular formula is C48H41N3SSi2. The van der Waals surface area contributed by atoms with Crippen LogP contribution in [0, 0.1) is 0 Å². The van der Waals surface area contributed by atoms with E-state index in [1.807, 2.05) is 11.8 Å². The lowest BCUT2D eigenvalue weighted by Gasteiger charge is -2.42. The summed E-state index contributed by atoms with van der Waals surface area (Å²) in [5.41, 5.74) is 7.00. The fraction of sp³-hybridized carbons (Fsp3) is 0.104. The SMILES string of the molecule is CC1(C)c2ccccc2Sc2c([Si](c3ccccc3)(c3ccccc3)c3ccc(-n4c5ccccc5n5c6ccccc6nc45)cc3)cccc2[Si]1(C)C. The minimum absolute atomic E-state index is 0.0499. The molecule has 0 N–H and O–H groups in total. The number of hydrogen-bond acceptors (Lipinski definition) is 2. The van der Waals surface area contributed by atoms with Gasteiger partial charge in [0, 0.05) is 15.5 Å². The molecule has 0 bridgehead atoms. The number of benzene rings is 7. The fourth-order valence-electron chi connectivity index (χ4n) is 9.10. The van der Waals surface area contributed by atoms with Crippen LogP contribution in [0.4, 0.5) is 0 Å². The Hall–Kier alpha value is -5.41. The Bertz CT molecular complexity index is 2820. The summed E-state index contributed by atoms with van der Waals surface area (Å²) in [4.78, 5) is 8.01. The number of hydrogen-bond donors (Lipinski definition) is 0. The molecule has 1 aliphatic heterocycles. The van der Waals surface area contributed by atoms with Crippen LogP contribution in [0.15, 0.2) is 186 Å². The largest absolute Gasteiger partial charge is 0.278 e. The molecule has 0 aliphatic carbocycles. The molecule has 0 spiro atoms. The lowest BCUT2D eigenvalue weighted by atomic mass is 10.0. The van der Waals surface area contributed by atoms with Crippen LogP contribution in [0.25, 0.3) is 33.5 Å². The summed E-state index contributed by atoms with van der Waals surface area (Å²) >= 11 is 2.01. The Kier molecular flexibility index (Phi) is 7.57. The Labute approximate surface area is 323 Å². The second kappa shape index (κ2) is 12.3. The summed E-state index contributed by atoms with van der Waals surface area (Å²) in [6.45, 7) is 10.1. The van der Waals surface area contributed by atoms with Crippen molar-refractivity contribution in [2.24, 2.45) is 0 Å². The smallest absolute Gasteiger partial charge is 0.220 e. The van der Waals surface area contributed by atoms with Gasteiger partial charge in [0.25, 0.3) is 0 Å².